The predicted octanol–water partition coefficient (Wildman–Crippen LogP) is -0.0222. The fraction of sp³-hybridized carbons (Fsp3) is 0.700. The largest absolute Gasteiger partial charge is 0.391 e. The van der Waals surface area contributed by atoms with Gasteiger partial charge in [-0.15, -0.1) is 0 Å². The lowest BCUT2D eigenvalue weighted by Crippen LogP contribution is -2.57. The average molecular weight is 197 g/mol. The molecule has 4 nitrogen and oxygen atoms in total. The smallest absolute Gasteiger partial charge is 0.150 e. The summed E-state index contributed by atoms with van der Waals surface area (Å²) in [6.07, 6.45) is 3.92. The maximum atomic E-state index is 11.1. The van der Waals surface area contributed by atoms with E-state index in [1.165, 1.54) is 0 Å². The van der Waals surface area contributed by atoms with Crippen molar-refractivity contribution in [1.29, 1.82) is 0 Å². The van der Waals surface area contributed by atoms with Crippen molar-refractivity contribution in [3.8, 4) is 0 Å². The molecule has 0 amide bonds. The van der Waals surface area contributed by atoms with E-state index in [0.717, 1.165) is 36.8 Å². The molecule has 3 N–H and O–H groups in total. The summed E-state index contributed by atoms with van der Waals surface area (Å²) in [4.78, 5) is 11.1. The number of allylic oxidation sites excluding steroid dienone is 1. The van der Waals surface area contributed by atoms with Gasteiger partial charge in [-0.3, -0.25) is 15.4 Å². The van der Waals surface area contributed by atoms with Crippen molar-refractivity contribution in [3.63, 3.8) is 0 Å². The van der Waals surface area contributed by atoms with Gasteiger partial charge in [-0.25, -0.2) is 0 Å². The van der Waals surface area contributed by atoms with Crippen molar-refractivity contribution < 1.29 is 4.79 Å². The fourth-order valence-electron chi connectivity index (χ4n) is 2.13. The van der Waals surface area contributed by atoms with E-state index in [1.807, 2.05) is 21.1 Å². The van der Waals surface area contributed by atoms with Crippen LogP contribution in [0.25, 0.3) is 0 Å². The minimum absolute atomic E-state index is 0.349. The summed E-state index contributed by atoms with van der Waals surface area (Å²) in [6.45, 7) is 0. The molecular weight excluding hydrogens is 178 g/mol. The molecular formula is C10H19N3O. The van der Waals surface area contributed by atoms with Gasteiger partial charge in [-0.2, -0.15) is 0 Å². The number of hydrogen-bond donors (Lipinski definition) is 3. The Morgan fingerprint density at radius 1 is 1.29 bits per heavy atom. The lowest BCUT2D eigenvalue weighted by Gasteiger charge is -2.38. The van der Waals surface area contributed by atoms with E-state index in [4.69, 9.17) is 0 Å². The summed E-state index contributed by atoms with van der Waals surface area (Å²) >= 11 is 0. The van der Waals surface area contributed by atoms with Gasteiger partial charge in [0.05, 0.1) is 5.66 Å². The SMILES string of the molecule is CNC1=C(C=O)C(NC)(NC)CCC1. The van der Waals surface area contributed by atoms with Crippen molar-refractivity contribution in [2.75, 3.05) is 21.1 Å². The van der Waals surface area contributed by atoms with Gasteiger partial charge in [0.1, 0.15) is 0 Å². The van der Waals surface area contributed by atoms with Crippen molar-refractivity contribution in [1.82, 2.24) is 16.0 Å². The maximum absolute atomic E-state index is 11.1. The van der Waals surface area contributed by atoms with E-state index in [-0.39, 0.29) is 5.66 Å². The molecule has 0 saturated heterocycles. The number of nitrogens with one attached hydrogen (secondary N) is 3. The second-order valence-electron chi connectivity index (χ2n) is 3.52. The monoisotopic (exact) mass is 197 g/mol. The van der Waals surface area contributed by atoms with Gasteiger partial charge in [0, 0.05) is 18.3 Å². The second kappa shape index (κ2) is 4.57. The van der Waals surface area contributed by atoms with Crippen molar-refractivity contribution in [2.45, 2.75) is 24.9 Å². The third-order valence-corrected chi connectivity index (χ3v) is 3.04. The highest BCUT2D eigenvalue weighted by Crippen LogP contribution is 2.28. The lowest BCUT2D eigenvalue weighted by molar-refractivity contribution is -0.105. The molecule has 0 bridgehead atoms. The number of carbonyl (C=O) groups is 1. The molecule has 0 atom stereocenters. The summed E-state index contributed by atoms with van der Waals surface area (Å²) < 4.78 is 0. The molecule has 4 heteroatoms. The van der Waals surface area contributed by atoms with E-state index >= 15 is 0 Å². The quantitative estimate of drug-likeness (QED) is 0.438. The van der Waals surface area contributed by atoms with E-state index in [0.29, 0.717) is 0 Å². The van der Waals surface area contributed by atoms with E-state index < -0.39 is 0 Å². The second-order valence-corrected chi connectivity index (χ2v) is 3.52. The Balaban J connectivity index is 3.11. The molecule has 0 spiro atoms. The van der Waals surface area contributed by atoms with Crippen LogP contribution in [0.15, 0.2) is 11.3 Å². The van der Waals surface area contributed by atoms with Crippen LogP contribution in [0.4, 0.5) is 0 Å². The number of hydrogen-bond acceptors (Lipinski definition) is 4. The van der Waals surface area contributed by atoms with Crippen LogP contribution in [0.1, 0.15) is 19.3 Å². The van der Waals surface area contributed by atoms with Crippen molar-refractivity contribution in [3.05, 3.63) is 11.3 Å². The van der Waals surface area contributed by atoms with Crippen LogP contribution >= 0.6 is 0 Å². The zero-order valence-corrected chi connectivity index (χ0v) is 9.11. The van der Waals surface area contributed by atoms with E-state index in [9.17, 15) is 4.79 Å². The Hall–Kier alpha value is -0.870. The third-order valence-electron chi connectivity index (χ3n) is 3.04. The van der Waals surface area contributed by atoms with Gasteiger partial charge in [0.25, 0.3) is 0 Å². The zero-order chi connectivity index (χ0) is 10.6. The Labute approximate surface area is 85.1 Å². The fourth-order valence-corrected chi connectivity index (χ4v) is 2.13. The summed E-state index contributed by atoms with van der Waals surface area (Å²) in [5.41, 5.74) is 1.49. The van der Waals surface area contributed by atoms with Crippen LogP contribution in [-0.2, 0) is 4.79 Å². The normalized spacial score (nSPS) is 20.8. The average Bonchev–Trinajstić information content (AvgIpc) is 2.27. The number of likely N-dealkylation sites (N-methyl/N-ethyl adjacent to an activating group) is 2. The Bertz CT molecular complexity index is 244. The first-order valence-corrected chi connectivity index (χ1v) is 4.98. The van der Waals surface area contributed by atoms with Gasteiger partial charge in [0.2, 0.25) is 0 Å². The minimum atomic E-state index is -0.349. The van der Waals surface area contributed by atoms with Gasteiger partial charge in [-0.1, -0.05) is 0 Å². The summed E-state index contributed by atoms with van der Waals surface area (Å²) in [5.74, 6) is 0. The van der Waals surface area contributed by atoms with E-state index in [1.54, 1.807) is 0 Å². The molecule has 0 saturated carbocycles. The van der Waals surface area contributed by atoms with Crippen LogP contribution in [0.2, 0.25) is 0 Å². The van der Waals surface area contributed by atoms with Crippen molar-refractivity contribution >= 4 is 6.29 Å². The standard InChI is InChI=1S/C10H19N3O/c1-11-9-5-4-6-10(12-2,13-3)8(9)7-14/h7,11-13H,4-6H2,1-3H3. The Morgan fingerprint density at radius 2 is 1.93 bits per heavy atom. The van der Waals surface area contributed by atoms with Gasteiger partial charge in [-0.05, 0) is 33.4 Å². The van der Waals surface area contributed by atoms with Crippen molar-refractivity contribution in [2.24, 2.45) is 0 Å². The molecule has 14 heavy (non-hydrogen) atoms. The topological polar surface area (TPSA) is 53.2 Å². The minimum Gasteiger partial charge on any atom is -0.391 e. The highest BCUT2D eigenvalue weighted by molar-refractivity contribution is 5.78. The molecule has 80 valence electrons. The molecule has 1 rings (SSSR count). The van der Waals surface area contributed by atoms with Crippen LogP contribution < -0.4 is 16.0 Å². The molecule has 0 aromatic carbocycles. The molecule has 0 heterocycles. The number of aldehydes is 1. The van der Waals surface area contributed by atoms with Gasteiger partial charge in [0.15, 0.2) is 6.29 Å². The van der Waals surface area contributed by atoms with Crippen LogP contribution in [0.3, 0.4) is 0 Å². The van der Waals surface area contributed by atoms with Gasteiger partial charge >= 0.3 is 0 Å². The first kappa shape index (κ1) is 11.2. The summed E-state index contributed by atoms with van der Waals surface area (Å²) in [5, 5.41) is 9.48. The number of rotatable bonds is 4. The Morgan fingerprint density at radius 3 is 2.36 bits per heavy atom. The van der Waals surface area contributed by atoms with Crippen LogP contribution in [0.5, 0.6) is 0 Å². The molecule has 0 unspecified atom stereocenters. The molecule has 0 fully saturated rings. The maximum Gasteiger partial charge on any atom is 0.150 e. The molecule has 0 aliphatic heterocycles. The third kappa shape index (κ3) is 1.67. The molecule has 1 aliphatic rings. The van der Waals surface area contributed by atoms with E-state index in [2.05, 4.69) is 16.0 Å². The first-order valence-electron chi connectivity index (χ1n) is 4.98. The molecule has 0 aromatic heterocycles. The summed E-state index contributed by atoms with van der Waals surface area (Å²) in [6, 6.07) is 0. The molecule has 0 radical (unpaired) electrons. The summed E-state index contributed by atoms with van der Waals surface area (Å²) in [7, 11) is 5.61. The highest BCUT2D eigenvalue weighted by Gasteiger charge is 2.35. The highest BCUT2D eigenvalue weighted by atomic mass is 16.1. The number of carbonyl (C=O) groups excluding carboxylic acids is 1. The zero-order valence-electron chi connectivity index (χ0n) is 9.11. The lowest BCUT2D eigenvalue weighted by atomic mass is 9.86. The van der Waals surface area contributed by atoms with Gasteiger partial charge < -0.3 is 5.32 Å². The Kier molecular flexibility index (Phi) is 3.66. The van der Waals surface area contributed by atoms with Crippen LogP contribution in [0, 0.1) is 0 Å². The molecule has 1 aliphatic carbocycles. The predicted molar refractivity (Wildman–Crippen MR) is 56.9 cm³/mol. The van der Waals surface area contributed by atoms with Crippen LogP contribution in [-0.4, -0.2) is 33.1 Å². The molecule has 0 aromatic rings. The first-order chi connectivity index (χ1) is 6.74.